The van der Waals surface area contributed by atoms with Gasteiger partial charge in [0.05, 0.1) is 0 Å². The summed E-state index contributed by atoms with van der Waals surface area (Å²) in [6.07, 6.45) is 2.80. The molecular formula is C12H21FO2. The summed E-state index contributed by atoms with van der Waals surface area (Å²) < 4.78 is 17.4. The molecule has 0 amide bonds. The van der Waals surface area contributed by atoms with Crippen LogP contribution < -0.4 is 0 Å². The highest BCUT2D eigenvalue weighted by atomic mass is 19.1. The van der Waals surface area contributed by atoms with Crippen molar-refractivity contribution in [2.24, 2.45) is 5.92 Å². The minimum atomic E-state index is -1.04. The zero-order chi connectivity index (χ0) is 12.1. The second kappa shape index (κ2) is 5.89. The molecule has 1 unspecified atom stereocenters. The van der Waals surface area contributed by atoms with Crippen LogP contribution in [0, 0.1) is 5.92 Å². The molecule has 0 aliphatic carbocycles. The normalized spacial score (nSPS) is 13.4. The maximum atomic E-state index is 12.4. The molecule has 0 aliphatic heterocycles. The molecule has 0 radical (unpaired) electrons. The Morgan fingerprint density at radius 2 is 2.07 bits per heavy atom. The van der Waals surface area contributed by atoms with E-state index in [0.717, 1.165) is 19.3 Å². The molecule has 88 valence electrons. The zero-order valence-electron chi connectivity index (χ0n) is 10.1. The lowest BCUT2D eigenvalue weighted by Crippen LogP contribution is -2.28. The van der Waals surface area contributed by atoms with Gasteiger partial charge in [0.15, 0.2) is 0 Å². The summed E-state index contributed by atoms with van der Waals surface area (Å²) in [5.74, 6) is -1.40. The zero-order valence-corrected chi connectivity index (χ0v) is 10.1. The highest BCUT2D eigenvalue weighted by Crippen LogP contribution is 2.22. The third kappa shape index (κ3) is 6.26. The molecule has 0 fully saturated rings. The number of hydrogen-bond acceptors (Lipinski definition) is 2. The molecule has 0 aromatic heterocycles. The van der Waals surface area contributed by atoms with Crippen LogP contribution in [-0.2, 0) is 9.53 Å². The topological polar surface area (TPSA) is 26.3 Å². The Balaban J connectivity index is 4.07. The Hall–Kier alpha value is -0.860. The van der Waals surface area contributed by atoms with Gasteiger partial charge in [0.25, 0.3) is 0 Å². The second-order valence-electron chi connectivity index (χ2n) is 4.61. The molecule has 2 nitrogen and oxygen atoms in total. The van der Waals surface area contributed by atoms with Gasteiger partial charge in [-0.3, -0.25) is 0 Å². The SMILES string of the molecule is C=C(F)C(=O)OC(C)(C)CCC(C)CC. The minimum Gasteiger partial charge on any atom is -0.454 e. The summed E-state index contributed by atoms with van der Waals surface area (Å²) in [6.45, 7) is 10.7. The van der Waals surface area contributed by atoms with Crippen LogP contribution in [0.25, 0.3) is 0 Å². The number of carbonyl (C=O) groups excluding carboxylic acids is 1. The molecule has 3 heteroatoms. The second-order valence-corrected chi connectivity index (χ2v) is 4.61. The Kier molecular flexibility index (Phi) is 5.55. The van der Waals surface area contributed by atoms with E-state index in [0.29, 0.717) is 5.92 Å². The van der Waals surface area contributed by atoms with Crippen molar-refractivity contribution in [3.63, 3.8) is 0 Å². The van der Waals surface area contributed by atoms with E-state index >= 15 is 0 Å². The fourth-order valence-electron chi connectivity index (χ4n) is 1.16. The van der Waals surface area contributed by atoms with Gasteiger partial charge in [-0.15, -0.1) is 0 Å². The average molecular weight is 216 g/mol. The number of rotatable bonds is 6. The van der Waals surface area contributed by atoms with Crippen LogP contribution in [0.1, 0.15) is 47.0 Å². The molecule has 15 heavy (non-hydrogen) atoms. The van der Waals surface area contributed by atoms with Crippen LogP contribution in [0.2, 0.25) is 0 Å². The molecule has 0 bridgehead atoms. The molecule has 0 N–H and O–H groups in total. The van der Waals surface area contributed by atoms with Crippen LogP contribution >= 0.6 is 0 Å². The van der Waals surface area contributed by atoms with Gasteiger partial charge in [0.1, 0.15) is 5.60 Å². The third-order valence-electron chi connectivity index (χ3n) is 2.53. The molecule has 1 atom stereocenters. The molecule has 0 aliphatic rings. The Bertz CT molecular complexity index is 234. The summed E-state index contributed by atoms with van der Waals surface area (Å²) in [6, 6.07) is 0. The van der Waals surface area contributed by atoms with Crippen LogP contribution in [0.3, 0.4) is 0 Å². The van der Waals surface area contributed by atoms with Crippen LogP contribution in [-0.4, -0.2) is 11.6 Å². The fraction of sp³-hybridized carbons (Fsp3) is 0.750. The maximum absolute atomic E-state index is 12.4. The number of hydrogen-bond donors (Lipinski definition) is 0. The summed E-state index contributed by atoms with van der Waals surface area (Å²) in [4.78, 5) is 11.0. The average Bonchev–Trinajstić information content (AvgIpc) is 2.13. The van der Waals surface area contributed by atoms with E-state index in [-0.39, 0.29) is 0 Å². The van der Waals surface area contributed by atoms with Crippen molar-refractivity contribution in [2.75, 3.05) is 0 Å². The molecule has 0 aromatic rings. The Labute approximate surface area is 91.5 Å². The highest BCUT2D eigenvalue weighted by Gasteiger charge is 2.24. The minimum absolute atomic E-state index is 0.594. The van der Waals surface area contributed by atoms with Gasteiger partial charge in [0, 0.05) is 0 Å². The predicted molar refractivity (Wildman–Crippen MR) is 59.1 cm³/mol. The monoisotopic (exact) mass is 216 g/mol. The van der Waals surface area contributed by atoms with Crippen molar-refractivity contribution in [3.05, 3.63) is 12.4 Å². The van der Waals surface area contributed by atoms with E-state index < -0.39 is 17.4 Å². The van der Waals surface area contributed by atoms with Gasteiger partial charge in [-0.2, -0.15) is 4.39 Å². The van der Waals surface area contributed by atoms with Crippen molar-refractivity contribution in [1.29, 1.82) is 0 Å². The Morgan fingerprint density at radius 1 is 1.53 bits per heavy atom. The highest BCUT2D eigenvalue weighted by molar-refractivity contribution is 5.85. The summed E-state index contributed by atoms with van der Waals surface area (Å²) in [7, 11) is 0. The Morgan fingerprint density at radius 3 is 2.47 bits per heavy atom. The molecule has 0 saturated heterocycles. The quantitative estimate of drug-likeness (QED) is 0.500. The first-order chi connectivity index (χ1) is 6.78. The molecule has 0 saturated carbocycles. The number of esters is 1. The lowest BCUT2D eigenvalue weighted by molar-refractivity contribution is -0.154. The number of halogens is 1. The maximum Gasteiger partial charge on any atom is 0.367 e. The first-order valence-corrected chi connectivity index (χ1v) is 5.36. The lowest BCUT2D eigenvalue weighted by Gasteiger charge is -2.25. The largest absolute Gasteiger partial charge is 0.454 e. The third-order valence-corrected chi connectivity index (χ3v) is 2.53. The van der Waals surface area contributed by atoms with Crippen molar-refractivity contribution in [1.82, 2.24) is 0 Å². The van der Waals surface area contributed by atoms with Gasteiger partial charge in [0.2, 0.25) is 5.83 Å². The van der Waals surface area contributed by atoms with Crippen molar-refractivity contribution in [3.8, 4) is 0 Å². The smallest absolute Gasteiger partial charge is 0.367 e. The van der Waals surface area contributed by atoms with Gasteiger partial charge in [-0.25, -0.2) is 4.79 Å². The molecule has 0 heterocycles. The van der Waals surface area contributed by atoms with E-state index in [4.69, 9.17) is 4.74 Å². The number of carbonyl (C=O) groups is 1. The first kappa shape index (κ1) is 14.1. The fourth-order valence-corrected chi connectivity index (χ4v) is 1.16. The van der Waals surface area contributed by atoms with Crippen LogP contribution in [0.15, 0.2) is 12.4 Å². The molecule has 0 aromatic carbocycles. The standard InChI is InChI=1S/C12H21FO2/c1-6-9(2)7-8-12(4,5)15-11(14)10(3)13/h9H,3,6-8H2,1-2,4-5H3. The van der Waals surface area contributed by atoms with Gasteiger partial charge < -0.3 is 4.74 Å². The van der Waals surface area contributed by atoms with E-state index in [9.17, 15) is 9.18 Å². The van der Waals surface area contributed by atoms with Crippen molar-refractivity contribution >= 4 is 5.97 Å². The predicted octanol–water partition coefficient (Wildman–Crippen LogP) is 3.62. The van der Waals surface area contributed by atoms with Crippen LogP contribution in [0.5, 0.6) is 0 Å². The first-order valence-electron chi connectivity index (χ1n) is 5.36. The molecular weight excluding hydrogens is 195 g/mol. The number of ether oxygens (including phenoxy) is 1. The van der Waals surface area contributed by atoms with E-state index in [1.807, 2.05) is 0 Å². The summed E-state index contributed by atoms with van der Waals surface area (Å²) in [5, 5.41) is 0. The van der Waals surface area contributed by atoms with E-state index in [1.165, 1.54) is 0 Å². The van der Waals surface area contributed by atoms with Crippen molar-refractivity contribution in [2.45, 2.75) is 52.6 Å². The van der Waals surface area contributed by atoms with Crippen LogP contribution in [0.4, 0.5) is 4.39 Å². The molecule has 0 rings (SSSR count). The van der Waals surface area contributed by atoms with Gasteiger partial charge in [-0.05, 0) is 32.6 Å². The lowest BCUT2D eigenvalue weighted by atomic mass is 9.94. The van der Waals surface area contributed by atoms with E-state index in [2.05, 4.69) is 20.4 Å². The van der Waals surface area contributed by atoms with Crippen molar-refractivity contribution < 1.29 is 13.9 Å². The summed E-state index contributed by atoms with van der Waals surface area (Å²) in [5.41, 5.74) is -0.616. The van der Waals surface area contributed by atoms with E-state index in [1.54, 1.807) is 13.8 Å². The van der Waals surface area contributed by atoms with Gasteiger partial charge >= 0.3 is 5.97 Å². The molecule has 0 spiro atoms. The van der Waals surface area contributed by atoms with Gasteiger partial charge in [-0.1, -0.05) is 26.8 Å². The summed E-state index contributed by atoms with van der Waals surface area (Å²) >= 11 is 0.